The Balaban J connectivity index is 1.90. The summed E-state index contributed by atoms with van der Waals surface area (Å²) >= 11 is 0. The van der Waals surface area contributed by atoms with E-state index in [0.717, 1.165) is 31.7 Å². The van der Waals surface area contributed by atoms with Crippen molar-refractivity contribution in [2.45, 2.75) is 32.2 Å². The molecular weight excluding hydrogens is 224 g/mol. The van der Waals surface area contributed by atoms with E-state index in [1.165, 1.54) is 12.1 Å². The van der Waals surface area contributed by atoms with Gasteiger partial charge in [0.2, 0.25) is 5.91 Å². The van der Waals surface area contributed by atoms with Gasteiger partial charge >= 0.3 is 0 Å². The van der Waals surface area contributed by atoms with Gasteiger partial charge in [0, 0.05) is 18.5 Å². The highest BCUT2D eigenvalue weighted by Crippen LogP contribution is 2.24. The summed E-state index contributed by atoms with van der Waals surface area (Å²) < 4.78 is 25.8. The summed E-state index contributed by atoms with van der Waals surface area (Å²) in [6.07, 6.45) is 4.02. The van der Waals surface area contributed by atoms with Crippen LogP contribution in [0.25, 0.3) is 0 Å². The first-order chi connectivity index (χ1) is 8.15. The van der Waals surface area contributed by atoms with Crippen LogP contribution < -0.4 is 5.32 Å². The van der Waals surface area contributed by atoms with Crippen LogP contribution in [0.2, 0.25) is 0 Å². The number of carbonyl (C=O) groups excluding carboxylic acids is 1. The normalized spacial score (nSPS) is 16.1. The van der Waals surface area contributed by atoms with Gasteiger partial charge in [-0.15, -0.1) is 0 Å². The van der Waals surface area contributed by atoms with E-state index >= 15 is 0 Å². The molecule has 2 rings (SSSR count). The number of hydrogen-bond acceptors (Lipinski definition) is 1. The van der Waals surface area contributed by atoms with E-state index in [1.807, 2.05) is 0 Å². The van der Waals surface area contributed by atoms with E-state index in [4.69, 9.17) is 0 Å². The Morgan fingerprint density at radius 3 is 2.35 bits per heavy atom. The molecule has 1 saturated carbocycles. The lowest BCUT2D eigenvalue weighted by molar-refractivity contribution is -0.124. The summed E-state index contributed by atoms with van der Waals surface area (Å²) in [7, 11) is 0. The molecule has 1 aliphatic carbocycles. The monoisotopic (exact) mass is 239 g/mol. The Hall–Kier alpha value is -1.45. The third kappa shape index (κ3) is 3.25. The van der Waals surface area contributed by atoms with Crippen molar-refractivity contribution in [1.29, 1.82) is 0 Å². The first-order valence-corrected chi connectivity index (χ1v) is 5.88. The largest absolute Gasteiger partial charge is 0.352 e. The van der Waals surface area contributed by atoms with Crippen LogP contribution in [-0.4, -0.2) is 5.91 Å². The standard InChI is InChI=1S/C13H15F2NO/c14-11-5-9(6-12(15)7-11)8-16-13(17)10-3-1-2-4-10/h5-7,10H,1-4,8H2,(H,16,17). The van der Waals surface area contributed by atoms with Crippen LogP contribution in [0.5, 0.6) is 0 Å². The minimum atomic E-state index is -0.616. The van der Waals surface area contributed by atoms with Crippen molar-refractivity contribution >= 4 is 5.91 Å². The molecule has 0 unspecified atom stereocenters. The fraction of sp³-hybridized carbons (Fsp3) is 0.462. The van der Waals surface area contributed by atoms with Crippen LogP contribution in [0.1, 0.15) is 31.2 Å². The Bertz CT molecular complexity index is 394. The summed E-state index contributed by atoms with van der Waals surface area (Å²) in [5, 5.41) is 2.72. The summed E-state index contributed by atoms with van der Waals surface area (Å²) in [6.45, 7) is 0.185. The van der Waals surface area contributed by atoms with Gasteiger partial charge < -0.3 is 5.32 Å². The third-order valence-electron chi connectivity index (χ3n) is 3.12. The maximum absolute atomic E-state index is 12.9. The van der Waals surface area contributed by atoms with Gasteiger partial charge in [0.15, 0.2) is 0 Å². The van der Waals surface area contributed by atoms with Gasteiger partial charge in [-0.1, -0.05) is 12.8 Å². The Morgan fingerprint density at radius 2 is 1.76 bits per heavy atom. The van der Waals surface area contributed by atoms with Crippen molar-refractivity contribution in [3.8, 4) is 0 Å². The molecule has 0 aromatic heterocycles. The number of nitrogens with one attached hydrogen (secondary N) is 1. The van der Waals surface area contributed by atoms with Crippen molar-refractivity contribution in [3.05, 3.63) is 35.4 Å². The molecular formula is C13H15F2NO. The van der Waals surface area contributed by atoms with Gasteiger partial charge in [0.1, 0.15) is 11.6 Å². The van der Waals surface area contributed by atoms with Crippen molar-refractivity contribution in [1.82, 2.24) is 5.32 Å². The molecule has 17 heavy (non-hydrogen) atoms. The third-order valence-corrected chi connectivity index (χ3v) is 3.12. The van der Waals surface area contributed by atoms with Gasteiger partial charge in [-0.2, -0.15) is 0 Å². The van der Waals surface area contributed by atoms with Crippen LogP contribution in [-0.2, 0) is 11.3 Å². The van der Waals surface area contributed by atoms with E-state index in [1.54, 1.807) is 0 Å². The number of rotatable bonds is 3. The fourth-order valence-electron chi connectivity index (χ4n) is 2.23. The quantitative estimate of drug-likeness (QED) is 0.863. The first kappa shape index (κ1) is 12.0. The minimum Gasteiger partial charge on any atom is -0.352 e. The molecule has 0 atom stereocenters. The summed E-state index contributed by atoms with van der Waals surface area (Å²) in [6, 6.07) is 3.29. The Morgan fingerprint density at radius 1 is 1.18 bits per heavy atom. The second-order valence-electron chi connectivity index (χ2n) is 4.48. The molecule has 1 aromatic rings. The van der Waals surface area contributed by atoms with Crippen molar-refractivity contribution in [2.24, 2.45) is 5.92 Å². The highest BCUT2D eigenvalue weighted by molar-refractivity contribution is 5.78. The van der Waals surface area contributed by atoms with Gasteiger partial charge in [-0.05, 0) is 30.5 Å². The number of halogens is 2. The number of hydrogen-bond donors (Lipinski definition) is 1. The summed E-state index contributed by atoms with van der Waals surface area (Å²) in [5.41, 5.74) is 0.453. The molecule has 1 aliphatic rings. The number of benzene rings is 1. The number of carbonyl (C=O) groups is 1. The first-order valence-electron chi connectivity index (χ1n) is 5.88. The lowest BCUT2D eigenvalue weighted by atomic mass is 10.1. The van der Waals surface area contributed by atoms with E-state index in [2.05, 4.69) is 5.32 Å². The molecule has 92 valence electrons. The van der Waals surface area contributed by atoms with Crippen LogP contribution in [0, 0.1) is 17.6 Å². The lowest BCUT2D eigenvalue weighted by Crippen LogP contribution is -2.28. The average molecular weight is 239 g/mol. The molecule has 1 amide bonds. The Kier molecular flexibility index (Phi) is 3.71. The zero-order valence-electron chi connectivity index (χ0n) is 9.51. The highest BCUT2D eigenvalue weighted by Gasteiger charge is 2.22. The smallest absolute Gasteiger partial charge is 0.223 e. The molecule has 0 bridgehead atoms. The van der Waals surface area contributed by atoms with Crippen LogP contribution in [0.15, 0.2) is 18.2 Å². The molecule has 2 nitrogen and oxygen atoms in total. The molecule has 0 spiro atoms. The molecule has 0 saturated heterocycles. The molecule has 0 radical (unpaired) electrons. The van der Waals surface area contributed by atoms with Crippen molar-refractivity contribution in [3.63, 3.8) is 0 Å². The molecule has 0 aliphatic heterocycles. The number of amides is 1. The maximum Gasteiger partial charge on any atom is 0.223 e. The zero-order valence-corrected chi connectivity index (χ0v) is 9.51. The molecule has 1 N–H and O–H groups in total. The lowest BCUT2D eigenvalue weighted by Gasteiger charge is -2.10. The minimum absolute atomic E-state index is 0.00725. The molecule has 1 aromatic carbocycles. The maximum atomic E-state index is 12.9. The van der Waals surface area contributed by atoms with Crippen LogP contribution in [0.4, 0.5) is 8.78 Å². The van der Waals surface area contributed by atoms with E-state index in [0.29, 0.717) is 5.56 Å². The average Bonchev–Trinajstić information content (AvgIpc) is 2.78. The van der Waals surface area contributed by atoms with Gasteiger partial charge in [0.05, 0.1) is 0 Å². The van der Waals surface area contributed by atoms with E-state index in [-0.39, 0.29) is 18.4 Å². The predicted molar refractivity (Wildman–Crippen MR) is 60.2 cm³/mol. The van der Waals surface area contributed by atoms with E-state index in [9.17, 15) is 13.6 Å². The Labute approximate surface area is 99.0 Å². The van der Waals surface area contributed by atoms with Crippen LogP contribution >= 0.6 is 0 Å². The van der Waals surface area contributed by atoms with Gasteiger partial charge in [-0.25, -0.2) is 8.78 Å². The predicted octanol–water partition coefficient (Wildman–Crippen LogP) is 2.77. The topological polar surface area (TPSA) is 29.1 Å². The molecule has 0 heterocycles. The fourth-order valence-corrected chi connectivity index (χ4v) is 2.23. The highest BCUT2D eigenvalue weighted by atomic mass is 19.1. The van der Waals surface area contributed by atoms with Crippen LogP contribution in [0.3, 0.4) is 0 Å². The summed E-state index contributed by atoms with van der Waals surface area (Å²) in [4.78, 5) is 11.7. The molecule has 4 heteroatoms. The van der Waals surface area contributed by atoms with E-state index < -0.39 is 11.6 Å². The second-order valence-corrected chi connectivity index (χ2v) is 4.48. The summed E-state index contributed by atoms with van der Waals surface area (Å²) in [5.74, 6) is -1.16. The van der Waals surface area contributed by atoms with Gasteiger partial charge in [0.25, 0.3) is 0 Å². The zero-order chi connectivity index (χ0) is 12.3. The van der Waals surface area contributed by atoms with Crippen molar-refractivity contribution in [2.75, 3.05) is 0 Å². The van der Waals surface area contributed by atoms with Gasteiger partial charge in [-0.3, -0.25) is 4.79 Å². The molecule has 1 fully saturated rings. The van der Waals surface area contributed by atoms with Crippen molar-refractivity contribution < 1.29 is 13.6 Å². The second kappa shape index (κ2) is 5.25. The SMILES string of the molecule is O=C(NCc1cc(F)cc(F)c1)C1CCCC1.